The minimum absolute atomic E-state index is 0.146. The van der Waals surface area contributed by atoms with Crippen molar-refractivity contribution < 1.29 is 4.39 Å². The minimum Gasteiger partial charge on any atom is -0.341 e. The van der Waals surface area contributed by atoms with Crippen LogP contribution in [-0.2, 0) is 13.0 Å². The number of benzene rings is 2. The van der Waals surface area contributed by atoms with Crippen LogP contribution in [0.4, 0.5) is 4.39 Å². The summed E-state index contributed by atoms with van der Waals surface area (Å²) in [5.41, 5.74) is 7.03. The molecule has 0 saturated heterocycles. The van der Waals surface area contributed by atoms with Crippen molar-refractivity contribution in [3.05, 3.63) is 70.7 Å². The molecule has 3 heteroatoms. The summed E-state index contributed by atoms with van der Waals surface area (Å²) in [4.78, 5) is 2.42. The smallest absolute Gasteiger partial charge is 0.123 e. The first kappa shape index (κ1) is 16.1. The van der Waals surface area contributed by atoms with Gasteiger partial charge in [0.2, 0.25) is 0 Å². The highest BCUT2D eigenvalue weighted by Gasteiger charge is 2.37. The highest BCUT2D eigenvalue weighted by atomic mass is 19.1. The molecule has 2 aromatic carbocycles. The van der Waals surface area contributed by atoms with Gasteiger partial charge < -0.3 is 9.47 Å². The van der Waals surface area contributed by atoms with E-state index < -0.39 is 0 Å². The van der Waals surface area contributed by atoms with Crippen molar-refractivity contribution in [1.82, 2.24) is 9.47 Å². The van der Waals surface area contributed by atoms with Gasteiger partial charge in [-0.25, -0.2) is 4.39 Å². The lowest BCUT2D eigenvalue weighted by Crippen LogP contribution is -2.32. The molecule has 134 valence electrons. The Morgan fingerprint density at radius 2 is 1.85 bits per heavy atom. The van der Waals surface area contributed by atoms with Crippen LogP contribution < -0.4 is 0 Å². The zero-order valence-electron chi connectivity index (χ0n) is 15.5. The van der Waals surface area contributed by atoms with Crippen molar-refractivity contribution in [3.63, 3.8) is 0 Å². The third-order valence-electron chi connectivity index (χ3n) is 6.40. The fourth-order valence-electron chi connectivity index (χ4n) is 4.91. The molecule has 1 aliphatic heterocycles. The van der Waals surface area contributed by atoms with Crippen molar-refractivity contribution in [1.29, 1.82) is 0 Å². The second-order valence-electron chi connectivity index (χ2n) is 8.11. The van der Waals surface area contributed by atoms with Crippen molar-refractivity contribution in [2.45, 2.75) is 44.7 Å². The Balaban J connectivity index is 1.64. The predicted octanol–water partition coefficient (Wildman–Crippen LogP) is 5.20. The molecule has 0 bridgehead atoms. The molecular weight excluding hydrogens is 323 g/mol. The average molecular weight is 348 g/mol. The molecule has 0 N–H and O–H groups in total. The minimum atomic E-state index is -0.146. The SMILES string of the molecule is Cc1ccc2c(c1)c1c(n2C2CCC2c2ccc(F)cc2)CCN(C)C1. The predicted molar refractivity (Wildman–Crippen MR) is 104 cm³/mol. The molecular formula is C23H25FN2. The van der Waals surface area contributed by atoms with Gasteiger partial charge >= 0.3 is 0 Å². The van der Waals surface area contributed by atoms with Crippen LogP contribution in [-0.4, -0.2) is 23.1 Å². The molecule has 2 nitrogen and oxygen atoms in total. The summed E-state index contributed by atoms with van der Waals surface area (Å²) in [5, 5.41) is 1.43. The highest BCUT2D eigenvalue weighted by molar-refractivity contribution is 5.86. The van der Waals surface area contributed by atoms with Crippen LogP contribution in [0.25, 0.3) is 10.9 Å². The number of fused-ring (bicyclic) bond motifs is 3. The molecule has 0 radical (unpaired) electrons. The van der Waals surface area contributed by atoms with Crippen molar-refractivity contribution >= 4 is 10.9 Å². The standard InChI is InChI=1S/C23H25FN2/c1-15-3-9-22-19(13-15)20-14-25(2)12-11-23(20)26(22)21-10-8-18(21)16-4-6-17(24)7-5-16/h3-7,9,13,18,21H,8,10-12,14H2,1-2H3. The van der Waals surface area contributed by atoms with Crippen LogP contribution in [0, 0.1) is 12.7 Å². The fourth-order valence-corrected chi connectivity index (χ4v) is 4.91. The lowest BCUT2D eigenvalue weighted by Gasteiger charge is -2.40. The van der Waals surface area contributed by atoms with Gasteiger partial charge in [-0.05, 0) is 62.2 Å². The van der Waals surface area contributed by atoms with Crippen LogP contribution in [0.15, 0.2) is 42.5 Å². The van der Waals surface area contributed by atoms with Crippen LogP contribution >= 0.6 is 0 Å². The van der Waals surface area contributed by atoms with E-state index in [1.54, 1.807) is 12.1 Å². The van der Waals surface area contributed by atoms with Crippen molar-refractivity contribution in [2.75, 3.05) is 13.6 Å². The molecule has 2 atom stereocenters. The number of hydrogen-bond acceptors (Lipinski definition) is 1. The zero-order valence-corrected chi connectivity index (χ0v) is 15.5. The van der Waals surface area contributed by atoms with Gasteiger partial charge in [0.25, 0.3) is 0 Å². The summed E-state index contributed by atoms with van der Waals surface area (Å²) >= 11 is 0. The van der Waals surface area contributed by atoms with Gasteiger partial charge in [0.1, 0.15) is 5.82 Å². The van der Waals surface area contributed by atoms with Crippen LogP contribution in [0.5, 0.6) is 0 Å². The van der Waals surface area contributed by atoms with E-state index in [-0.39, 0.29) is 5.82 Å². The molecule has 1 aliphatic carbocycles. The number of aryl methyl sites for hydroxylation is 1. The summed E-state index contributed by atoms with van der Waals surface area (Å²) in [6, 6.07) is 14.6. The second-order valence-corrected chi connectivity index (χ2v) is 8.11. The summed E-state index contributed by atoms with van der Waals surface area (Å²) in [6.45, 7) is 4.34. The van der Waals surface area contributed by atoms with Crippen LogP contribution in [0.2, 0.25) is 0 Å². The van der Waals surface area contributed by atoms with E-state index in [2.05, 4.69) is 41.6 Å². The van der Waals surface area contributed by atoms with Crippen LogP contribution in [0.1, 0.15) is 47.2 Å². The molecule has 0 spiro atoms. The van der Waals surface area contributed by atoms with Crippen molar-refractivity contribution in [3.8, 4) is 0 Å². The molecule has 1 saturated carbocycles. The lowest BCUT2D eigenvalue weighted by molar-refractivity contribution is 0.247. The van der Waals surface area contributed by atoms with Gasteiger partial charge in [0.15, 0.2) is 0 Å². The summed E-state index contributed by atoms with van der Waals surface area (Å²) in [6.07, 6.45) is 3.52. The quantitative estimate of drug-likeness (QED) is 0.618. The zero-order chi connectivity index (χ0) is 17.8. The number of rotatable bonds is 2. The van der Waals surface area contributed by atoms with Crippen LogP contribution in [0.3, 0.4) is 0 Å². The molecule has 5 rings (SSSR count). The summed E-state index contributed by atoms with van der Waals surface area (Å²) in [7, 11) is 2.21. The van der Waals surface area contributed by atoms with Gasteiger partial charge in [-0.15, -0.1) is 0 Å². The van der Waals surface area contributed by atoms with Crippen molar-refractivity contribution in [2.24, 2.45) is 0 Å². The molecule has 3 aromatic rings. The van der Waals surface area contributed by atoms with E-state index in [9.17, 15) is 4.39 Å². The molecule has 0 amide bonds. The first-order valence-corrected chi connectivity index (χ1v) is 9.68. The maximum atomic E-state index is 13.3. The second kappa shape index (κ2) is 5.95. The molecule has 1 fully saturated rings. The lowest BCUT2D eigenvalue weighted by atomic mass is 9.74. The van der Waals surface area contributed by atoms with Gasteiger partial charge in [-0.3, -0.25) is 0 Å². The summed E-state index contributed by atoms with van der Waals surface area (Å²) < 4.78 is 16.0. The van der Waals surface area contributed by atoms with Gasteiger partial charge in [0.05, 0.1) is 0 Å². The third-order valence-corrected chi connectivity index (χ3v) is 6.40. The molecule has 2 unspecified atom stereocenters. The first-order valence-electron chi connectivity index (χ1n) is 9.68. The number of likely N-dealkylation sites (N-methyl/N-ethyl adjacent to an activating group) is 1. The Bertz CT molecular complexity index is 970. The number of hydrogen-bond donors (Lipinski definition) is 0. The first-order chi connectivity index (χ1) is 12.6. The van der Waals surface area contributed by atoms with E-state index in [1.165, 1.54) is 46.1 Å². The highest BCUT2D eigenvalue weighted by Crippen LogP contribution is 2.49. The third kappa shape index (κ3) is 2.41. The van der Waals surface area contributed by atoms with E-state index in [1.807, 2.05) is 12.1 Å². The fraction of sp³-hybridized carbons (Fsp3) is 0.391. The maximum absolute atomic E-state index is 13.3. The number of nitrogens with zero attached hydrogens (tertiary/aromatic N) is 2. The Morgan fingerprint density at radius 1 is 1.04 bits per heavy atom. The Kier molecular flexibility index (Phi) is 3.68. The van der Waals surface area contributed by atoms with Gasteiger partial charge in [0, 0.05) is 48.1 Å². The topological polar surface area (TPSA) is 8.17 Å². The van der Waals surface area contributed by atoms with E-state index in [4.69, 9.17) is 0 Å². The summed E-state index contributed by atoms with van der Waals surface area (Å²) in [5.74, 6) is 0.350. The Labute approximate surface area is 154 Å². The van der Waals surface area contributed by atoms with E-state index in [0.717, 1.165) is 19.5 Å². The monoisotopic (exact) mass is 348 g/mol. The number of halogens is 1. The average Bonchev–Trinajstić information content (AvgIpc) is 2.89. The normalized spacial score (nSPS) is 23.0. The molecule has 2 heterocycles. The number of aromatic nitrogens is 1. The van der Waals surface area contributed by atoms with E-state index >= 15 is 0 Å². The molecule has 26 heavy (non-hydrogen) atoms. The van der Waals surface area contributed by atoms with Gasteiger partial charge in [-0.2, -0.15) is 0 Å². The largest absolute Gasteiger partial charge is 0.341 e. The Hall–Kier alpha value is -2.13. The van der Waals surface area contributed by atoms with Gasteiger partial charge in [-0.1, -0.05) is 23.8 Å². The molecule has 1 aromatic heterocycles. The van der Waals surface area contributed by atoms with E-state index in [0.29, 0.717) is 12.0 Å². The molecule has 2 aliphatic rings. The Morgan fingerprint density at radius 3 is 2.58 bits per heavy atom. The maximum Gasteiger partial charge on any atom is 0.123 e.